The number of carboxylic acid groups (broad SMARTS) is 1. The summed E-state index contributed by atoms with van der Waals surface area (Å²) < 4.78 is 5.40. The van der Waals surface area contributed by atoms with Crippen LogP contribution in [0.4, 0.5) is 0 Å². The van der Waals surface area contributed by atoms with Crippen molar-refractivity contribution in [2.24, 2.45) is 5.92 Å². The lowest BCUT2D eigenvalue weighted by Crippen LogP contribution is -2.36. The van der Waals surface area contributed by atoms with Gasteiger partial charge < -0.3 is 15.2 Å². The first-order valence-corrected chi connectivity index (χ1v) is 7.01. The molecule has 0 aliphatic carbocycles. The van der Waals surface area contributed by atoms with Crippen molar-refractivity contribution in [2.45, 2.75) is 32.4 Å². The van der Waals surface area contributed by atoms with E-state index in [2.05, 4.69) is 10.3 Å². The van der Waals surface area contributed by atoms with E-state index in [1.54, 1.807) is 0 Å². The van der Waals surface area contributed by atoms with Gasteiger partial charge in [-0.3, -0.25) is 4.79 Å². The van der Waals surface area contributed by atoms with Crippen molar-refractivity contribution in [1.29, 1.82) is 0 Å². The Bertz CT molecular complexity index is 474. The molecule has 1 saturated heterocycles. The van der Waals surface area contributed by atoms with Crippen LogP contribution in [0.25, 0.3) is 0 Å². The van der Waals surface area contributed by atoms with Gasteiger partial charge in [0, 0.05) is 17.9 Å². The lowest BCUT2D eigenvalue weighted by atomic mass is 9.95. The van der Waals surface area contributed by atoms with Gasteiger partial charge in [-0.15, -0.1) is 11.3 Å². The minimum atomic E-state index is -1.05. The van der Waals surface area contributed by atoms with Crippen LogP contribution in [0.3, 0.4) is 0 Å². The first-order valence-electron chi connectivity index (χ1n) is 6.13. The molecule has 0 saturated carbocycles. The number of carbonyl (C=O) groups is 2. The number of ether oxygens (including phenoxy) is 1. The van der Waals surface area contributed by atoms with E-state index >= 15 is 0 Å². The molecule has 1 aromatic heterocycles. The molecule has 1 aliphatic heterocycles. The fraction of sp³-hybridized carbons (Fsp3) is 0.583. The van der Waals surface area contributed by atoms with Crippen molar-refractivity contribution in [3.63, 3.8) is 0 Å². The van der Waals surface area contributed by atoms with Crippen LogP contribution in [0, 0.1) is 5.92 Å². The van der Waals surface area contributed by atoms with Crippen molar-refractivity contribution in [3.05, 3.63) is 16.1 Å². The molecule has 104 valence electrons. The van der Waals surface area contributed by atoms with E-state index in [4.69, 9.17) is 9.84 Å². The predicted octanol–water partition coefficient (Wildman–Crippen LogP) is 1.27. The van der Waals surface area contributed by atoms with Crippen LogP contribution in [0.2, 0.25) is 0 Å². The standard InChI is InChI=1S/C12H16N2O4S/c1-7-4-8(2-3-18-7)11(15)13-5-10-14-9(6-19-10)12(16)17/h6-8H,2-5H2,1H3,(H,13,15)(H,16,17)/t7-,8+/m1/s1. The number of aromatic carboxylic acids is 1. The molecule has 2 rings (SSSR count). The second-order valence-electron chi connectivity index (χ2n) is 4.55. The molecule has 6 nitrogen and oxygen atoms in total. The molecular weight excluding hydrogens is 268 g/mol. The summed E-state index contributed by atoms with van der Waals surface area (Å²) >= 11 is 1.24. The number of nitrogens with one attached hydrogen (secondary N) is 1. The fourth-order valence-corrected chi connectivity index (χ4v) is 2.74. The number of carbonyl (C=O) groups excluding carboxylic acids is 1. The maximum atomic E-state index is 12.0. The number of rotatable bonds is 4. The summed E-state index contributed by atoms with van der Waals surface area (Å²) in [6, 6.07) is 0. The van der Waals surface area contributed by atoms with Crippen LogP contribution < -0.4 is 5.32 Å². The van der Waals surface area contributed by atoms with Gasteiger partial charge in [-0.05, 0) is 19.8 Å². The third-order valence-corrected chi connectivity index (χ3v) is 3.89. The zero-order chi connectivity index (χ0) is 13.8. The highest BCUT2D eigenvalue weighted by molar-refractivity contribution is 7.09. The Labute approximate surface area is 114 Å². The summed E-state index contributed by atoms with van der Waals surface area (Å²) in [7, 11) is 0. The van der Waals surface area contributed by atoms with Gasteiger partial charge in [-0.2, -0.15) is 0 Å². The van der Waals surface area contributed by atoms with Gasteiger partial charge in [0.05, 0.1) is 12.6 Å². The second-order valence-corrected chi connectivity index (χ2v) is 5.49. The molecule has 0 aromatic carbocycles. The maximum absolute atomic E-state index is 12.0. The van der Waals surface area contributed by atoms with Crippen LogP contribution in [-0.2, 0) is 16.1 Å². The SMILES string of the molecule is C[C@@H]1C[C@@H](C(=O)NCc2nc(C(=O)O)cs2)CCO1. The largest absolute Gasteiger partial charge is 0.476 e. The van der Waals surface area contributed by atoms with E-state index in [9.17, 15) is 9.59 Å². The number of amides is 1. The Hall–Kier alpha value is -1.47. The fourth-order valence-electron chi connectivity index (χ4n) is 2.03. The number of carboxylic acids is 1. The van der Waals surface area contributed by atoms with Gasteiger partial charge in [-0.1, -0.05) is 0 Å². The first-order chi connectivity index (χ1) is 9.06. The number of aromatic nitrogens is 1. The molecule has 19 heavy (non-hydrogen) atoms. The van der Waals surface area contributed by atoms with Gasteiger partial charge in [0.25, 0.3) is 0 Å². The predicted molar refractivity (Wildman–Crippen MR) is 69.1 cm³/mol. The van der Waals surface area contributed by atoms with Gasteiger partial charge >= 0.3 is 5.97 Å². The summed E-state index contributed by atoms with van der Waals surface area (Å²) in [6.07, 6.45) is 1.57. The van der Waals surface area contributed by atoms with Crippen LogP contribution in [-0.4, -0.2) is 34.7 Å². The molecule has 0 spiro atoms. The molecule has 7 heteroatoms. The summed E-state index contributed by atoms with van der Waals surface area (Å²) in [4.78, 5) is 26.6. The Morgan fingerprint density at radius 2 is 2.42 bits per heavy atom. The average Bonchev–Trinajstić information content (AvgIpc) is 2.85. The molecule has 2 heterocycles. The minimum Gasteiger partial charge on any atom is -0.476 e. The zero-order valence-electron chi connectivity index (χ0n) is 10.6. The molecular formula is C12H16N2O4S. The molecule has 0 radical (unpaired) electrons. The molecule has 2 atom stereocenters. The highest BCUT2D eigenvalue weighted by Gasteiger charge is 2.25. The zero-order valence-corrected chi connectivity index (χ0v) is 11.4. The molecule has 1 amide bonds. The average molecular weight is 284 g/mol. The molecule has 0 bridgehead atoms. The smallest absolute Gasteiger partial charge is 0.355 e. The van der Waals surface area contributed by atoms with E-state index in [-0.39, 0.29) is 30.2 Å². The molecule has 1 fully saturated rings. The molecule has 2 N–H and O–H groups in total. The van der Waals surface area contributed by atoms with Crippen molar-refractivity contribution in [2.75, 3.05) is 6.61 Å². The Kier molecular flexibility index (Phi) is 4.49. The van der Waals surface area contributed by atoms with Crippen molar-refractivity contribution < 1.29 is 19.4 Å². The van der Waals surface area contributed by atoms with E-state index < -0.39 is 5.97 Å². The lowest BCUT2D eigenvalue weighted by molar-refractivity contribution is -0.129. The lowest BCUT2D eigenvalue weighted by Gasteiger charge is -2.26. The van der Waals surface area contributed by atoms with Crippen LogP contribution >= 0.6 is 11.3 Å². The molecule has 0 unspecified atom stereocenters. The summed E-state index contributed by atoms with van der Waals surface area (Å²) in [6.45, 7) is 2.85. The number of hydrogen-bond acceptors (Lipinski definition) is 5. The summed E-state index contributed by atoms with van der Waals surface area (Å²) in [5.74, 6) is -1.09. The molecule has 1 aromatic rings. The van der Waals surface area contributed by atoms with E-state index in [0.717, 1.165) is 12.8 Å². The van der Waals surface area contributed by atoms with E-state index in [1.165, 1.54) is 16.7 Å². The maximum Gasteiger partial charge on any atom is 0.355 e. The highest BCUT2D eigenvalue weighted by atomic mass is 32.1. The normalized spacial score (nSPS) is 23.0. The van der Waals surface area contributed by atoms with Gasteiger partial charge in [0.1, 0.15) is 5.01 Å². The Morgan fingerprint density at radius 3 is 3.05 bits per heavy atom. The third-order valence-electron chi connectivity index (χ3n) is 3.04. The van der Waals surface area contributed by atoms with Crippen molar-refractivity contribution in [3.8, 4) is 0 Å². The topological polar surface area (TPSA) is 88.5 Å². The van der Waals surface area contributed by atoms with Gasteiger partial charge in [-0.25, -0.2) is 9.78 Å². The van der Waals surface area contributed by atoms with Crippen LogP contribution in [0.1, 0.15) is 35.3 Å². The van der Waals surface area contributed by atoms with Crippen molar-refractivity contribution >= 4 is 23.2 Å². The number of thiazole rings is 1. The monoisotopic (exact) mass is 284 g/mol. The highest BCUT2D eigenvalue weighted by Crippen LogP contribution is 2.20. The van der Waals surface area contributed by atoms with Gasteiger partial charge in [0.15, 0.2) is 5.69 Å². The number of nitrogens with zero attached hydrogens (tertiary/aromatic N) is 1. The third kappa shape index (κ3) is 3.74. The Balaban J connectivity index is 1.84. The van der Waals surface area contributed by atoms with E-state index in [0.29, 0.717) is 11.6 Å². The van der Waals surface area contributed by atoms with Crippen LogP contribution in [0.15, 0.2) is 5.38 Å². The summed E-state index contributed by atoms with van der Waals surface area (Å²) in [5.41, 5.74) is 0.0222. The minimum absolute atomic E-state index is 0.0118. The first kappa shape index (κ1) is 14.0. The van der Waals surface area contributed by atoms with E-state index in [1.807, 2.05) is 6.92 Å². The molecule has 1 aliphatic rings. The Morgan fingerprint density at radius 1 is 1.63 bits per heavy atom. The number of hydrogen-bond donors (Lipinski definition) is 2. The van der Waals surface area contributed by atoms with Gasteiger partial charge in [0.2, 0.25) is 5.91 Å². The quantitative estimate of drug-likeness (QED) is 0.869. The van der Waals surface area contributed by atoms with Crippen molar-refractivity contribution in [1.82, 2.24) is 10.3 Å². The van der Waals surface area contributed by atoms with Crippen LogP contribution in [0.5, 0.6) is 0 Å². The second kappa shape index (κ2) is 6.12. The summed E-state index contributed by atoms with van der Waals surface area (Å²) in [5, 5.41) is 13.6.